The number of nitro groups is 1. The number of carbonyl (C=O) groups is 1. The third kappa shape index (κ3) is 4.49. The van der Waals surface area contributed by atoms with Gasteiger partial charge in [-0.15, -0.1) is 10.2 Å². The molecule has 2 aromatic carbocycles. The number of carbonyl (C=O) groups excluding carboxylic acids is 1. The van der Waals surface area contributed by atoms with Crippen LogP contribution >= 0.6 is 0 Å². The Morgan fingerprint density at radius 3 is 2.33 bits per heavy atom. The van der Waals surface area contributed by atoms with E-state index in [1.54, 1.807) is 37.3 Å². The maximum absolute atomic E-state index is 12.4. The van der Waals surface area contributed by atoms with Crippen LogP contribution in [0.3, 0.4) is 0 Å². The van der Waals surface area contributed by atoms with Crippen molar-refractivity contribution in [3.05, 3.63) is 75.8 Å². The highest BCUT2D eigenvalue weighted by Crippen LogP contribution is 2.22. The number of benzene rings is 2. The maximum atomic E-state index is 12.4. The van der Waals surface area contributed by atoms with E-state index in [0.29, 0.717) is 22.5 Å². The van der Waals surface area contributed by atoms with E-state index in [9.17, 15) is 23.3 Å². The monoisotopic (exact) mass is 426 g/mol. The molecule has 0 bridgehead atoms. The molecule has 3 aromatic rings. The molecule has 0 radical (unpaired) electrons. The summed E-state index contributed by atoms with van der Waals surface area (Å²) in [5, 5.41) is 21.4. The molecule has 0 unspecified atom stereocenters. The number of hydrogen-bond acceptors (Lipinski definition) is 7. The predicted octanol–water partition coefficient (Wildman–Crippen LogP) is 3.41. The number of nitrogens with one attached hydrogen (secondary N) is 1. The van der Waals surface area contributed by atoms with Gasteiger partial charge in [-0.05, 0) is 37.3 Å². The van der Waals surface area contributed by atoms with Gasteiger partial charge >= 0.3 is 0 Å². The van der Waals surface area contributed by atoms with Crippen LogP contribution in [0.15, 0.2) is 59.6 Å². The molecule has 154 valence electrons. The molecule has 0 spiro atoms. The molecule has 10 heteroatoms. The zero-order valence-electron chi connectivity index (χ0n) is 16.2. The van der Waals surface area contributed by atoms with Gasteiger partial charge in [-0.25, -0.2) is 8.42 Å². The Hall–Kier alpha value is -3.66. The van der Waals surface area contributed by atoms with E-state index < -0.39 is 20.7 Å². The van der Waals surface area contributed by atoms with Crippen molar-refractivity contribution in [3.63, 3.8) is 0 Å². The smallest absolute Gasteiger partial charge is 0.273 e. The standard InChI is InChI=1S/C20H18N4O5S/c1-3-30(28,29)19-11-10-17(22-23-19)14-6-8-16(9-7-14)21-20(25)15-5-4-13(2)18(12-15)24(26)27/h4-12H,3H2,1-2H3,(H,21,25). The van der Waals surface area contributed by atoms with Crippen LogP contribution < -0.4 is 5.32 Å². The van der Waals surface area contributed by atoms with Gasteiger partial charge in [0.15, 0.2) is 14.9 Å². The summed E-state index contributed by atoms with van der Waals surface area (Å²) in [5.74, 6) is -0.528. The van der Waals surface area contributed by atoms with Gasteiger partial charge in [0, 0.05) is 28.4 Å². The van der Waals surface area contributed by atoms with Gasteiger partial charge in [0.2, 0.25) is 0 Å². The number of amides is 1. The molecular weight excluding hydrogens is 408 g/mol. The zero-order valence-corrected chi connectivity index (χ0v) is 17.0. The maximum Gasteiger partial charge on any atom is 0.273 e. The number of aryl methyl sites for hydroxylation is 1. The van der Waals surface area contributed by atoms with Crippen molar-refractivity contribution in [2.45, 2.75) is 18.9 Å². The Morgan fingerprint density at radius 2 is 1.77 bits per heavy atom. The fraction of sp³-hybridized carbons (Fsp3) is 0.150. The summed E-state index contributed by atoms with van der Waals surface area (Å²) in [4.78, 5) is 22.9. The van der Waals surface area contributed by atoms with Crippen molar-refractivity contribution in [1.29, 1.82) is 0 Å². The number of nitrogens with zero attached hydrogens (tertiary/aromatic N) is 3. The van der Waals surface area contributed by atoms with Crippen LogP contribution in [0.4, 0.5) is 11.4 Å². The van der Waals surface area contributed by atoms with Crippen LogP contribution in [-0.2, 0) is 9.84 Å². The lowest BCUT2D eigenvalue weighted by Crippen LogP contribution is -2.12. The summed E-state index contributed by atoms with van der Waals surface area (Å²) in [7, 11) is -3.42. The first-order valence-corrected chi connectivity index (χ1v) is 10.6. The first-order chi connectivity index (χ1) is 14.2. The molecule has 1 aromatic heterocycles. The molecule has 1 N–H and O–H groups in total. The highest BCUT2D eigenvalue weighted by Gasteiger charge is 2.16. The number of anilines is 1. The molecule has 0 saturated heterocycles. The summed E-state index contributed by atoms with van der Waals surface area (Å²) in [6, 6.07) is 13.9. The van der Waals surface area contributed by atoms with Gasteiger partial charge in [0.25, 0.3) is 11.6 Å². The number of rotatable bonds is 6. The van der Waals surface area contributed by atoms with Crippen molar-refractivity contribution in [2.75, 3.05) is 11.1 Å². The second-order valence-electron chi connectivity index (χ2n) is 6.45. The Morgan fingerprint density at radius 1 is 1.07 bits per heavy atom. The average molecular weight is 426 g/mol. The second-order valence-corrected chi connectivity index (χ2v) is 8.68. The number of aromatic nitrogens is 2. The van der Waals surface area contributed by atoms with E-state index in [-0.39, 0.29) is 22.0 Å². The van der Waals surface area contributed by atoms with E-state index in [0.717, 1.165) is 0 Å². The number of sulfone groups is 1. The molecule has 30 heavy (non-hydrogen) atoms. The van der Waals surface area contributed by atoms with Gasteiger partial charge < -0.3 is 5.32 Å². The molecule has 0 aliphatic rings. The van der Waals surface area contributed by atoms with Crippen molar-refractivity contribution in [2.24, 2.45) is 0 Å². The van der Waals surface area contributed by atoms with Gasteiger partial charge in [-0.3, -0.25) is 14.9 Å². The predicted molar refractivity (Wildman–Crippen MR) is 111 cm³/mol. The molecule has 0 fully saturated rings. The third-order valence-corrected chi connectivity index (χ3v) is 6.06. The van der Waals surface area contributed by atoms with E-state index in [1.807, 2.05) is 0 Å². The molecule has 0 atom stereocenters. The zero-order chi connectivity index (χ0) is 21.9. The minimum Gasteiger partial charge on any atom is -0.322 e. The highest BCUT2D eigenvalue weighted by molar-refractivity contribution is 7.91. The highest BCUT2D eigenvalue weighted by atomic mass is 32.2. The summed E-state index contributed by atoms with van der Waals surface area (Å²) in [6.07, 6.45) is 0. The molecular formula is C20H18N4O5S. The van der Waals surface area contributed by atoms with Crippen LogP contribution in [0.5, 0.6) is 0 Å². The second kappa shape index (κ2) is 8.37. The summed E-state index contributed by atoms with van der Waals surface area (Å²) >= 11 is 0. The molecule has 0 aliphatic carbocycles. The van der Waals surface area contributed by atoms with Crippen LogP contribution in [-0.4, -0.2) is 35.2 Å². The lowest BCUT2D eigenvalue weighted by molar-refractivity contribution is -0.385. The summed E-state index contributed by atoms with van der Waals surface area (Å²) in [6.45, 7) is 3.14. The number of hydrogen-bond donors (Lipinski definition) is 1. The average Bonchev–Trinajstić information content (AvgIpc) is 2.74. The summed E-state index contributed by atoms with van der Waals surface area (Å²) in [5.41, 5.74) is 2.19. The molecule has 9 nitrogen and oxygen atoms in total. The minimum atomic E-state index is -3.42. The van der Waals surface area contributed by atoms with Crippen LogP contribution in [0.2, 0.25) is 0 Å². The van der Waals surface area contributed by atoms with Gasteiger partial charge in [0.05, 0.1) is 16.4 Å². The Kier molecular flexibility index (Phi) is 5.88. The van der Waals surface area contributed by atoms with Crippen molar-refractivity contribution < 1.29 is 18.1 Å². The molecule has 1 heterocycles. The van der Waals surface area contributed by atoms with Crippen LogP contribution in [0.25, 0.3) is 11.3 Å². The summed E-state index contributed by atoms with van der Waals surface area (Å²) < 4.78 is 23.6. The third-order valence-electron chi connectivity index (χ3n) is 4.45. The van der Waals surface area contributed by atoms with E-state index in [2.05, 4.69) is 15.5 Å². The Bertz CT molecular complexity index is 1210. The topological polar surface area (TPSA) is 132 Å². The van der Waals surface area contributed by atoms with E-state index in [4.69, 9.17) is 0 Å². The largest absolute Gasteiger partial charge is 0.322 e. The first kappa shape index (κ1) is 21.1. The quantitative estimate of drug-likeness (QED) is 0.472. The van der Waals surface area contributed by atoms with Crippen LogP contribution in [0.1, 0.15) is 22.8 Å². The SMILES string of the molecule is CCS(=O)(=O)c1ccc(-c2ccc(NC(=O)c3ccc(C)c([N+](=O)[O-])c3)cc2)nn1. The first-order valence-electron chi connectivity index (χ1n) is 8.94. The molecule has 0 saturated carbocycles. The number of nitro benzene ring substituents is 1. The fourth-order valence-corrected chi connectivity index (χ4v) is 3.40. The van der Waals surface area contributed by atoms with Crippen molar-refractivity contribution in [1.82, 2.24) is 10.2 Å². The Labute approximate surface area is 172 Å². The lowest BCUT2D eigenvalue weighted by atomic mass is 10.1. The molecule has 1 amide bonds. The van der Waals surface area contributed by atoms with E-state index >= 15 is 0 Å². The van der Waals surface area contributed by atoms with Crippen molar-refractivity contribution in [3.8, 4) is 11.3 Å². The van der Waals surface area contributed by atoms with Gasteiger partial charge in [0.1, 0.15) is 0 Å². The minimum absolute atomic E-state index is 0.0560. The van der Waals surface area contributed by atoms with Crippen molar-refractivity contribution >= 4 is 27.1 Å². The van der Waals surface area contributed by atoms with Crippen LogP contribution in [0, 0.1) is 17.0 Å². The molecule has 0 aliphatic heterocycles. The Balaban J connectivity index is 1.75. The molecule has 3 rings (SSSR count). The van der Waals surface area contributed by atoms with Gasteiger partial charge in [-0.2, -0.15) is 0 Å². The normalized spacial score (nSPS) is 11.1. The lowest BCUT2D eigenvalue weighted by Gasteiger charge is -2.07. The van der Waals surface area contributed by atoms with E-state index in [1.165, 1.54) is 31.2 Å². The fourth-order valence-electron chi connectivity index (χ4n) is 2.66. The van der Waals surface area contributed by atoms with Gasteiger partial charge in [-0.1, -0.05) is 25.1 Å².